The van der Waals surface area contributed by atoms with Crippen LogP contribution in [0.2, 0.25) is 0 Å². The van der Waals surface area contributed by atoms with E-state index < -0.39 is 0 Å². The molecule has 1 fully saturated rings. The van der Waals surface area contributed by atoms with Crippen molar-refractivity contribution in [3.8, 4) is 0 Å². The quantitative estimate of drug-likeness (QED) is 0.793. The molecule has 4 nitrogen and oxygen atoms in total. The Balaban J connectivity index is 1.86. The van der Waals surface area contributed by atoms with Crippen LogP contribution in [0.25, 0.3) is 0 Å². The van der Waals surface area contributed by atoms with Crippen molar-refractivity contribution in [1.29, 1.82) is 0 Å². The second-order valence-electron chi connectivity index (χ2n) is 6.70. The first-order valence-corrected chi connectivity index (χ1v) is 8.61. The molecule has 2 rings (SSSR count). The monoisotopic (exact) mass is 316 g/mol. The maximum absolute atomic E-state index is 12.3. The van der Waals surface area contributed by atoms with Crippen molar-refractivity contribution in [3.63, 3.8) is 0 Å². The minimum absolute atomic E-state index is 0.0333. The van der Waals surface area contributed by atoms with Gasteiger partial charge in [0.15, 0.2) is 5.78 Å². The average molecular weight is 316 g/mol. The van der Waals surface area contributed by atoms with Crippen LogP contribution in [0.4, 0.5) is 0 Å². The van der Waals surface area contributed by atoms with Crippen molar-refractivity contribution in [2.24, 2.45) is 11.7 Å². The third-order valence-electron chi connectivity index (χ3n) is 4.83. The molecule has 2 unspecified atom stereocenters. The van der Waals surface area contributed by atoms with E-state index in [1.165, 1.54) is 6.42 Å². The zero-order valence-corrected chi connectivity index (χ0v) is 14.2. The number of amides is 1. The SMILES string of the molecule is Cc1ccc(C)c(C(=O)CCC(=O)NC2CCCCC2CN)c1. The van der Waals surface area contributed by atoms with Crippen LogP contribution in [0.15, 0.2) is 18.2 Å². The summed E-state index contributed by atoms with van der Waals surface area (Å²) in [6.45, 7) is 4.52. The number of nitrogens with two attached hydrogens (primary N) is 1. The van der Waals surface area contributed by atoms with Gasteiger partial charge in [-0.25, -0.2) is 0 Å². The highest BCUT2D eigenvalue weighted by molar-refractivity contribution is 5.99. The van der Waals surface area contributed by atoms with Gasteiger partial charge >= 0.3 is 0 Å². The smallest absolute Gasteiger partial charge is 0.220 e. The van der Waals surface area contributed by atoms with Crippen LogP contribution in [0.5, 0.6) is 0 Å². The molecule has 0 aromatic heterocycles. The molecular weight excluding hydrogens is 288 g/mol. The Morgan fingerprint density at radius 1 is 1.17 bits per heavy atom. The van der Waals surface area contributed by atoms with Crippen molar-refractivity contribution in [3.05, 3.63) is 34.9 Å². The Bertz CT molecular complexity index is 568. The van der Waals surface area contributed by atoms with E-state index in [9.17, 15) is 9.59 Å². The van der Waals surface area contributed by atoms with E-state index in [-0.39, 0.29) is 30.6 Å². The Labute approximate surface area is 138 Å². The van der Waals surface area contributed by atoms with Crippen molar-refractivity contribution in [2.75, 3.05) is 6.54 Å². The van der Waals surface area contributed by atoms with Crippen LogP contribution in [0, 0.1) is 19.8 Å². The normalized spacial score (nSPS) is 21.0. The molecule has 0 bridgehead atoms. The van der Waals surface area contributed by atoms with E-state index in [1.54, 1.807) is 0 Å². The molecule has 126 valence electrons. The molecule has 0 spiro atoms. The summed E-state index contributed by atoms with van der Waals surface area (Å²) < 4.78 is 0. The Morgan fingerprint density at radius 2 is 1.91 bits per heavy atom. The molecule has 0 saturated heterocycles. The second kappa shape index (κ2) is 8.25. The molecule has 3 N–H and O–H groups in total. The molecule has 1 saturated carbocycles. The molecule has 0 aliphatic heterocycles. The fourth-order valence-corrected chi connectivity index (χ4v) is 3.36. The first kappa shape index (κ1) is 17.7. The zero-order chi connectivity index (χ0) is 16.8. The van der Waals surface area contributed by atoms with Crippen LogP contribution >= 0.6 is 0 Å². The number of benzene rings is 1. The number of carbonyl (C=O) groups is 2. The summed E-state index contributed by atoms with van der Waals surface area (Å²) in [6, 6.07) is 6.03. The van der Waals surface area contributed by atoms with Crippen LogP contribution < -0.4 is 11.1 Å². The molecule has 1 aliphatic carbocycles. The highest BCUT2D eigenvalue weighted by Crippen LogP contribution is 2.23. The number of rotatable bonds is 6. The highest BCUT2D eigenvalue weighted by atomic mass is 16.2. The van der Waals surface area contributed by atoms with Crippen molar-refractivity contribution >= 4 is 11.7 Å². The molecular formula is C19H28N2O2. The largest absolute Gasteiger partial charge is 0.353 e. The van der Waals surface area contributed by atoms with Crippen LogP contribution in [0.3, 0.4) is 0 Å². The molecule has 1 aliphatic rings. The predicted molar refractivity (Wildman–Crippen MR) is 92.4 cm³/mol. The van der Waals surface area contributed by atoms with Gasteiger partial charge in [0.05, 0.1) is 0 Å². The summed E-state index contributed by atoms with van der Waals surface area (Å²) in [5.41, 5.74) is 8.56. The molecule has 1 amide bonds. The van der Waals surface area contributed by atoms with Gasteiger partial charge in [-0.2, -0.15) is 0 Å². The van der Waals surface area contributed by atoms with E-state index in [2.05, 4.69) is 5.32 Å². The van der Waals surface area contributed by atoms with Gasteiger partial charge in [0.1, 0.15) is 0 Å². The summed E-state index contributed by atoms with van der Waals surface area (Å²) in [6.07, 6.45) is 4.93. The number of ketones is 1. The van der Waals surface area contributed by atoms with Crippen molar-refractivity contribution < 1.29 is 9.59 Å². The molecule has 0 heterocycles. The lowest BCUT2D eigenvalue weighted by atomic mass is 9.84. The standard InChI is InChI=1S/C19H28N2O2/c1-13-7-8-14(2)16(11-13)18(22)9-10-19(23)21-17-6-4-3-5-15(17)12-20/h7-8,11,15,17H,3-6,9-10,12,20H2,1-2H3,(H,21,23). The Morgan fingerprint density at radius 3 is 2.65 bits per heavy atom. The van der Waals surface area contributed by atoms with Gasteiger partial charge in [-0.1, -0.05) is 30.5 Å². The van der Waals surface area contributed by atoms with Gasteiger partial charge in [0.2, 0.25) is 5.91 Å². The average Bonchev–Trinajstić information content (AvgIpc) is 2.55. The third-order valence-corrected chi connectivity index (χ3v) is 4.83. The van der Waals surface area contributed by atoms with E-state index in [0.29, 0.717) is 12.5 Å². The van der Waals surface area contributed by atoms with Gasteiger partial charge in [-0.3, -0.25) is 9.59 Å². The Kier molecular flexibility index (Phi) is 6.34. The second-order valence-corrected chi connectivity index (χ2v) is 6.70. The number of aryl methyl sites for hydroxylation is 2. The number of hydrogen-bond donors (Lipinski definition) is 2. The number of carbonyl (C=O) groups excluding carboxylic acids is 2. The minimum Gasteiger partial charge on any atom is -0.353 e. The molecule has 1 aromatic carbocycles. The van der Waals surface area contributed by atoms with Crippen LogP contribution in [-0.4, -0.2) is 24.3 Å². The minimum atomic E-state index is -0.0333. The fourth-order valence-electron chi connectivity index (χ4n) is 3.36. The molecule has 0 radical (unpaired) electrons. The summed E-state index contributed by atoms with van der Waals surface area (Å²) in [7, 11) is 0. The molecule has 4 heteroatoms. The topological polar surface area (TPSA) is 72.2 Å². The summed E-state index contributed by atoms with van der Waals surface area (Å²) >= 11 is 0. The maximum atomic E-state index is 12.3. The summed E-state index contributed by atoms with van der Waals surface area (Å²) in [5, 5.41) is 3.08. The molecule has 1 aromatic rings. The first-order valence-electron chi connectivity index (χ1n) is 8.61. The lowest BCUT2D eigenvalue weighted by molar-refractivity contribution is -0.122. The van der Waals surface area contributed by atoms with Gasteiger partial charge in [-0.05, 0) is 50.8 Å². The first-order chi connectivity index (χ1) is 11.0. The number of nitrogens with one attached hydrogen (secondary N) is 1. The van der Waals surface area contributed by atoms with E-state index in [1.807, 2.05) is 32.0 Å². The van der Waals surface area contributed by atoms with E-state index in [0.717, 1.165) is 36.0 Å². The van der Waals surface area contributed by atoms with Gasteiger partial charge in [-0.15, -0.1) is 0 Å². The highest BCUT2D eigenvalue weighted by Gasteiger charge is 2.25. The van der Waals surface area contributed by atoms with Crippen LogP contribution in [-0.2, 0) is 4.79 Å². The van der Waals surface area contributed by atoms with Crippen LogP contribution in [0.1, 0.15) is 60.0 Å². The summed E-state index contributed by atoms with van der Waals surface area (Å²) in [4.78, 5) is 24.5. The molecule has 23 heavy (non-hydrogen) atoms. The zero-order valence-electron chi connectivity index (χ0n) is 14.2. The van der Waals surface area contributed by atoms with E-state index in [4.69, 9.17) is 5.73 Å². The van der Waals surface area contributed by atoms with Gasteiger partial charge in [0, 0.05) is 24.4 Å². The fraction of sp³-hybridized carbons (Fsp3) is 0.579. The maximum Gasteiger partial charge on any atom is 0.220 e. The third kappa shape index (κ3) is 4.90. The van der Waals surface area contributed by atoms with Gasteiger partial charge in [0.25, 0.3) is 0 Å². The number of hydrogen-bond acceptors (Lipinski definition) is 3. The van der Waals surface area contributed by atoms with Gasteiger partial charge < -0.3 is 11.1 Å². The molecule has 2 atom stereocenters. The lowest BCUT2D eigenvalue weighted by Gasteiger charge is -2.31. The van der Waals surface area contributed by atoms with Crippen molar-refractivity contribution in [1.82, 2.24) is 5.32 Å². The lowest BCUT2D eigenvalue weighted by Crippen LogP contribution is -2.44. The van der Waals surface area contributed by atoms with E-state index >= 15 is 0 Å². The summed E-state index contributed by atoms with van der Waals surface area (Å²) in [5.74, 6) is 0.386. The van der Waals surface area contributed by atoms with Crippen molar-refractivity contribution in [2.45, 2.75) is 58.4 Å². The Hall–Kier alpha value is -1.68. The number of Topliss-reactive ketones (excluding diaryl/α,β-unsaturated/α-hetero) is 1. The predicted octanol–water partition coefficient (Wildman–Crippen LogP) is 2.90.